The average molecular weight is 382 g/mol. The summed E-state index contributed by atoms with van der Waals surface area (Å²) in [5, 5.41) is 7.30. The van der Waals surface area contributed by atoms with Gasteiger partial charge in [-0.1, -0.05) is 0 Å². The predicted molar refractivity (Wildman–Crippen MR) is 92.2 cm³/mol. The fourth-order valence-electron chi connectivity index (χ4n) is 5.08. The number of carbonyl (C=O) groups excluding carboxylic acids is 1. The molecule has 4 fully saturated rings. The molecule has 5 rings (SSSR count). The molecule has 0 aliphatic heterocycles. The number of amides is 2. The van der Waals surface area contributed by atoms with Gasteiger partial charge in [0.2, 0.25) is 0 Å². The maximum absolute atomic E-state index is 12.2. The summed E-state index contributed by atoms with van der Waals surface area (Å²) in [5.74, 6) is 2.50. The summed E-state index contributed by atoms with van der Waals surface area (Å²) < 4.78 is 1.06. The van der Waals surface area contributed by atoms with Crippen molar-refractivity contribution in [2.75, 3.05) is 0 Å². The number of nitrogens with zero attached hydrogens (tertiary/aromatic N) is 1. The van der Waals surface area contributed by atoms with Gasteiger partial charge in [-0.3, -0.25) is 0 Å². The highest BCUT2D eigenvalue weighted by molar-refractivity contribution is 9.11. The minimum Gasteiger partial charge on any atom is -0.331 e. The quantitative estimate of drug-likeness (QED) is 0.600. The van der Waals surface area contributed by atoms with Gasteiger partial charge < -0.3 is 5.32 Å². The number of hydrogen-bond acceptors (Lipinski definition) is 3. The number of carbonyl (C=O) groups is 1. The standard InChI is InChI=1S/C16H20BrN3OS/c17-14-2-1-13(22-14)9-18-20-15(21)19-16-6-10-3-11(7-16)5-12(4-10)8-16/h1-2,9-12H,3-8H2,(H2,19,20,21). The Morgan fingerprint density at radius 2 is 1.86 bits per heavy atom. The van der Waals surface area contributed by atoms with Crippen LogP contribution in [0, 0.1) is 17.8 Å². The van der Waals surface area contributed by atoms with Crippen LogP contribution >= 0.6 is 27.3 Å². The zero-order valence-corrected chi connectivity index (χ0v) is 14.8. The van der Waals surface area contributed by atoms with E-state index in [4.69, 9.17) is 0 Å². The van der Waals surface area contributed by atoms with Crippen LogP contribution in [0.4, 0.5) is 4.79 Å². The average Bonchev–Trinajstić information content (AvgIpc) is 2.82. The molecule has 118 valence electrons. The van der Waals surface area contributed by atoms with Crippen LogP contribution in [-0.2, 0) is 0 Å². The SMILES string of the molecule is O=C(NN=Cc1ccc(Br)s1)NC12CC3CC(CC(C3)C1)C2. The van der Waals surface area contributed by atoms with Gasteiger partial charge in [-0.2, -0.15) is 5.10 Å². The molecule has 4 aliphatic carbocycles. The Labute approximate surface area is 142 Å². The summed E-state index contributed by atoms with van der Waals surface area (Å²) >= 11 is 5.00. The first-order valence-electron chi connectivity index (χ1n) is 7.97. The van der Waals surface area contributed by atoms with Crippen LogP contribution in [-0.4, -0.2) is 17.8 Å². The Kier molecular flexibility index (Phi) is 3.77. The number of halogens is 1. The van der Waals surface area contributed by atoms with Crippen LogP contribution in [0.5, 0.6) is 0 Å². The van der Waals surface area contributed by atoms with Gasteiger partial charge in [-0.05, 0) is 84.3 Å². The van der Waals surface area contributed by atoms with Gasteiger partial charge in [0, 0.05) is 10.4 Å². The van der Waals surface area contributed by atoms with Crippen molar-refractivity contribution in [3.8, 4) is 0 Å². The lowest BCUT2D eigenvalue weighted by molar-refractivity contribution is -0.0135. The summed E-state index contributed by atoms with van der Waals surface area (Å²) in [4.78, 5) is 13.2. The largest absolute Gasteiger partial charge is 0.335 e. The lowest BCUT2D eigenvalue weighted by atomic mass is 9.53. The third kappa shape index (κ3) is 2.95. The first kappa shape index (κ1) is 14.7. The van der Waals surface area contributed by atoms with Crippen LogP contribution in [0.3, 0.4) is 0 Å². The van der Waals surface area contributed by atoms with Gasteiger partial charge in [0.15, 0.2) is 0 Å². The van der Waals surface area contributed by atoms with Gasteiger partial charge in [-0.25, -0.2) is 10.2 Å². The topological polar surface area (TPSA) is 53.5 Å². The third-order valence-electron chi connectivity index (χ3n) is 5.37. The van der Waals surface area contributed by atoms with E-state index < -0.39 is 0 Å². The summed E-state index contributed by atoms with van der Waals surface area (Å²) in [6.07, 6.45) is 9.32. The zero-order chi connectivity index (χ0) is 15.2. The molecule has 0 saturated heterocycles. The monoisotopic (exact) mass is 381 g/mol. The van der Waals surface area contributed by atoms with E-state index in [2.05, 4.69) is 31.8 Å². The normalized spacial score (nSPS) is 36.0. The van der Waals surface area contributed by atoms with E-state index in [1.165, 1.54) is 19.3 Å². The Hall–Kier alpha value is -0.880. The van der Waals surface area contributed by atoms with Gasteiger partial charge in [0.05, 0.1) is 10.0 Å². The number of hydrazone groups is 1. The Morgan fingerprint density at radius 1 is 1.23 bits per heavy atom. The highest BCUT2D eigenvalue weighted by atomic mass is 79.9. The Balaban J connectivity index is 1.35. The van der Waals surface area contributed by atoms with Gasteiger partial charge >= 0.3 is 6.03 Å². The Bertz CT molecular complexity index is 577. The molecule has 1 aromatic rings. The fourth-order valence-corrected chi connectivity index (χ4v) is 6.38. The molecule has 1 aromatic heterocycles. The summed E-state index contributed by atoms with van der Waals surface area (Å²) in [6.45, 7) is 0. The molecule has 4 aliphatic rings. The van der Waals surface area contributed by atoms with Crippen LogP contribution in [0.1, 0.15) is 43.4 Å². The van der Waals surface area contributed by atoms with E-state index in [0.29, 0.717) is 0 Å². The summed E-state index contributed by atoms with van der Waals surface area (Å²) in [5.41, 5.74) is 2.67. The minimum absolute atomic E-state index is 0.0420. The second kappa shape index (κ2) is 5.64. The van der Waals surface area contributed by atoms with Crippen molar-refractivity contribution in [1.29, 1.82) is 0 Å². The number of nitrogens with one attached hydrogen (secondary N) is 2. The van der Waals surface area contributed by atoms with Crippen molar-refractivity contribution in [2.45, 2.75) is 44.1 Å². The van der Waals surface area contributed by atoms with E-state index in [1.54, 1.807) is 17.6 Å². The first-order chi connectivity index (χ1) is 10.6. The van der Waals surface area contributed by atoms with Crippen LogP contribution < -0.4 is 10.7 Å². The van der Waals surface area contributed by atoms with Gasteiger partial charge in [-0.15, -0.1) is 11.3 Å². The summed E-state index contributed by atoms with van der Waals surface area (Å²) in [6, 6.07) is 3.78. The van der Waals surface area contributed by atoms with Crippen molar-refractivity contribution < 1.29 is 4.79 Å². The molecular weight excluding hydrogens is 362 g/mol. The second-order valence-corrected chi connectivity index (χ2v) is 9.66. The predicted octanol–water partition coefficient (Wildman–Crippen LogP) is 4.11. The molecule has 6 heteroatoms. The third-order valence-corrected chi connectivity index (χ3v) is 6.93. The minimum atomic E-state index is -0.158. The molecule has 4 nitrogen and oxygen atoms in total. The van der Waals surface area contributed by atoms with Crippen molar-refractivity contribution in [3.05, 3.63) is 20.8 Å². The van der Waals surface area contributed by atoms with Gasteiger partial charge in [0.25, 0.3) is 0 Å². The first-order valence-corrected chi connectivity index (χ1v) is 9.58. The van der Waals surface area contributed by atoms with E-state index in [9.17, 15) is 4.79 Å². The van der Waals surface area contributed by atoms with E-state index in [-0.39, 0.29) is 11.6 Å². The lowest BCUT2D eigenvalue weighted by Crippen LogP contribution is -2.61. The molecule has 2 amide bonds. The van der Waals surface area contributed by atoms with Crippen molar-refractivity contribution in [2.24, 2.45) is 22.9 Å². The molecule has 0 spiro atoms. The highest BCUT2D eigenvalue weighted by Crippen LogP contribution is 2.55. The molecule has 22 heavy (non-hydrogen) atoms. The number of thiophene rings is 1. The zero-order valence-electron chi connectivity index (χ0n) is 12.3. The lowest BCUT2D eigenvalue weighted by Gasteiger charge is -2.56. The number of urea groups is 1. The fraction of sp³-hybridized carbons (Fsp3) is 0.625. The van der Waals surface area contributed by atoms with E-state index >= 15 is 0 Å². The molecule has 0 atom stereocenters. The number of hydrogen-bond donors (Lipinski definition) is 2. The van der Waals surface area contributed by atoms with E-state index in [0.717, 1.165) is 45.7 Å². The molecule has 0 unspecified atom stereocenters. The van der Waals surface area contributed by atoms with Crippen LogP contribution in [0.15, 0.2) is 21.0 Å². The van der Waals surface area contributed by atoms with Gasteiger partial charge in [0.1, 0.15) is 0 Å². The van der Waals surface area contributed by atoms with Crippen molar-refractivity contribution >= 4 is 39.5 Å². The second-order valence-electron chi connectivity index (χ2n) is 7.16. The molecule has 0 aromatic carbocycles. The van der Waals surface area contributed by atoms with Crippen molar-refractivity contribution in [1.82, 2.24) is 10.7 Å². The van der Waals surface area contributed by atoms with Crippen molar-refractivity contribution in [3.63, 3.8) is 0 Å². The van der Waals surface area contributed by atoms with Crippen LogP contribution in [0.25, 0.3) is 0 Å². The van der Waals surface area contributed by atoms with E-state index in [1.807, 2.05) is 12.1 Å². The number of rotatable bonds is 3. The molecule has 2 N–H and O–H groups in total. The maximum atomic E-state index is 12.2. The Morgan fingerprint density at radius 3 is 2.41 bits per heavy atom. The molecule has 4 bridgehead atoms. The maximum Gasteiger partial charge on any atom is 0.335 e. The molecular formula is C16H20BrN3OS. The molecule has 4 saturated carbocycles. The smallest absolute Gasteiger partial charge is 0.331 e. The van der Waals surface area contributed by atoms with Crippen LogP contribution in [0.2, 0.25) is 0 Å². The molecule has 0 radical (unpaired) electrons. The molecule has 1 heterocycles. The highest BCUT2D eigenvalue weighted by Gasteiger charge is 2.51. The summed E-state index contributed by atoms with van der Waals surface area (Å²) in [7, 11) is 0.